The Morgan fingerprint density at radius 1 is 1.30 bits per heavy atom. The third kappa shape index (κ3) is 5.21. The highest BCUT2D eigenvalue weighted by molar-refractivity contribution is 6.40. The molecule has 124 valence electrons. The van der Waals surface area contributed by atoms with E-state index in [-0.39, 0.29) is 5.57 Å². The number of methoxy groups -OCH3 is 2. The van der Waals surface area contributed by atoms with Gasteiger partial charge in [-0.15, -0.1) is 0 Å². The fraction of sp³-hybridized carbons (Fsp3) is 0.375. The maximum Gasteiger partial charge on any atom is 0.341 e. The van der Waals surface area contributed by atoms with Crippen LogP contribution in [0.1, 0.15) is 26.3 Å². The number of hydrogen-bond donors (Lipinski definition) is 0. The van der Waals surface area contributed by atoms with E-state index >= 15 is 0 Å². The maximum atomic E-state index is 11.9. The van der Waals surface area contributed by atoms with Crippen molar-refractivity contribution in [3.05, 3.63) is 30.3 Å². The standard InChI is InChI=1S/C16H21N3O4/c1-6-18-11(2)12(3)19-23-15-9-17-8-7-13(15)14(10-21-4)16(20)22-5/h7-10H,6H2,1-5H3/b14-10+,18-11?,19-12+. The van der Waals surface area contributed by atoms with Crippen LogP contribution in [0.5, 0.6) is 5.75 Å². The first-order chi connectivity index (χ1) is 11.0. The van der Waals surface area contributed by atoms with Gasteiger partial charge in [-0.3, -0.25) is 9.98 Å². The molecule has 1 aromatic heterocycles. The average molecular weight is 319 g/mol. The monoisotopic (exact) mass is 319 g/mol. The number of nitrogens with zero attached hydrogens (tertiary/aromatic N) is 3. The van der Waals surface area contributed by atoms with Crippen molar-refractivity contribution in [3.8, 4) is 5.75 Å². The van der Waals surface area contributed by atoms with E-state index in [2.05, 4.69) is 15.1 Å². The van der Waals surface area contributed by atoms with Gasteiger partial charge in [0.25, 0.3) is 0 Å². The fourth-order valence-corrected chi connectivity index (χ4v) is 1.66. The zero-order chi connectivity index (χ0) is 17.2. The van der Waals surface area contributed by atoms with Gasteiger partial charge in [0.15, 0.2) is 5.75 Å². The zero-order valence-corrected chi connectivity index (χ0v) is 14.0. The first-order valence-corrected chi connectivity index (χ1v) is 7.03. The molecule has 0 aliphatic rings. The lowest BCUT2D eigenvalue weighted by atomic mass is 10.1. The molecule has 7 heteroatoms. The number of pyridine rings is 1. The average Bonchev–Trinajstić information content (AvgIpc) is 2.57. The lowest BCUT2D eigenvalue weighted by Crippen LogP contribution is -2.09. The van der Waals surface area contributed by atoms with Crippen LogP contribution in [0, 0.1) is 0 Å². The number of aliphatic imine (C=N–C) groups is 1. The Morgan fingerprint density at radius 3 is 2.65 bits per heavy atom. The first-order valence-electron chi connectivity index (χ1n) is 7.03. The first kappa shape index (κ1) is 18.3. The highest BCUT2D eigenvalue weighted by atomic mass is 16.6. The Hall–Kier alpha value is -2.70. The maximum absolute atomic E-state index is 11.9. The molecule has 0 saturated carbocycles. The Kier molecular flexibility index (Phi) is 7.45. The third-order valence-electron chi connectivity index (χ3n) is 2.92. The lowest BCUT2D eigenvalue weighted by Gasteiger charge is -2.09. The molecule has 0 spiro atoms. The van der Waals surface area contributed by atoms with E-state index < -0.39 is 5.97 Å². The molecule has 0 amide bonds. The van der Waals surface area contributed by atoms with Crippen molar-refractivity contribution in [2.45, 2.75) is 20.8 Å². The van der Waals surface area contributed by atoms with Gasteiger partial charge in [-0.25, -0.2) is 4.79 Å². The minimum Gasteiger partial charge on any atom is -0.503 e. The molecule has 0 unspecified atom stereocenters. The van der Waals surface area contributed by atoms with Gasteiger partial charge >= 0.3 is 5.97 Å². The van der Waals surface area contributed by atoms with Crippen LogP contribution in [0.4, 0.5) is 0 Å². The number of rotatable bonds is 7. The summed E-state index contributed by atoms with van der Waals surface area (Å²) in [7, 11) is 2.73. The topological polar surface area (TPSA) is 82.4 Å². The predicted octanol–water partition coefficient (Wildman–Crippen LogP) is 2.48. The van der Waals surface area contributed by atoms with Gasteiger partial charge in [0.05, 0.1) is 38.1 Å². The van der Waals surface area contributed by atoms with Gasteiger partial charge in [-0.05, 0) is 26.8 Å². The second-order valence-electron chi connectivity index (χ2n) is 4.46. The van der Waals surface area contributed by atoms with Gasteiger partial charge in [0.2, 0.25) is 0 Å². The van der Waals surface area contributed by atoms with Crippen LogP contribution >= 0.6 is 0 Å². The molecule has 0 N–H and O–H groups in total. The number of esters is 1. The molecule has 23 heavy (non-hydrogen) atoms. The van der Waals surface area contributed by atoms with E-state index in [1.807, 2.05) is 13.8 Å². The van der Waals surface area contributed by atoms with Crippen molar-refractivity contribution < 1.29 is 19.1 Å². The molecule has 0 atom stereocenters. The number of carbonyl (C=O) groups is 1. The van der Waals surface area contributed by atoms with Gasteiger partial charge < -0.3 is 14.3 Å². The molecule has 0 aliphatic carbocycles. The quantitative estimate of drug-likeness (QED) is 0.253. The molecule has 0 bridgehead atoms. The van der Waals surface area contributed by atoms with E-state index in [9.17, 15) is 4.79 Å². The summed E-state index contributed by atoms with van der Waals surface area (Å²) < 4.78 is 9.69. The molecule has 0 fully saturated rings. The summed E-state index contributed by atoms with van der Waals surface area (Å²) in [4.78, 5) is 25.6. The van der Waals surface area contributed by atoms with Crippen molar-refractivity contribution in [2.75, 3.05) is 20.8 Å². The second kappa shape index (κ2) is 9.34. The van der Waals surface area contributed by atoms with Crippen LogP contribution in [0.25, 0.3) is 5.57 Å². The lowest BCUT2D eigenvalue weighted by molar-refractivity contribution is -0.133. The Balaban J connectivity index is 3.15. The van der Waals surface area contributed by atoms with Crippen molar-refractivity contribution >= 4 is 23.0 Å². The summed E-state index contributed by atoms with van der Waals surface area (Å²) in [5.74, 6) is -0.239. The highest BCUT2D eigenvalue weighted by Gasteiger charge is 2.18. The second-order valence-corrected chi connectivity index (χ2v) is 4.46. The van der Waals surface area contributed by atoms with Gasteiger partial charge in [0.1, 0.15) is 5.57 Å². The number of ether oxygens (including phenoxy) is 2. The van der Waals surface area contributed by atoms with Crippen LogP contribution in [0.2, 0.25) is 0 Å². The number of oxime groups is 1. The van der Waals surface area contributed by atoms with Crippen molar-refractivity contribution in [1.82, 2.24) is 4.98 Å². The zero-order valence-electron chi connectivity index (χ0n) is 14.0. The molecule has 0 saturated heterocycles. The highest BCUT2D eigenvalue weighted by Crippen LogP contribution is 2.26. The van der Waals surface area contributed by atoms with Gasteiger partial charge in [-0.2, -0.15) is 0 Å². The normalized spacial score (nSPS) is 12.8. The molecule has 0 aromatic carbocycles. The van der Waals surface area contributed by atoms with Gasteiger partial charge in [0, 0.05) is 18.3 Å². The summed E-state index contributed by atoms with van der Waals surface area (Å²) in [6, 6.07) is 1.62. The van der Waals surface area contributed by atoms with E-state index in [1.165, 1.54) is 32.9 Å². The van der Waals surface area contributed by atoms with Crippen LogP contribution < -0.4 is 4.84 Å². The number of hydrogen-bond acceptors (Lipinski definition) is 7. The summed E-state index contributed by atoms with van der Waals surface area (Å²) in [5, 5.41) is 4.03. The van der Waals surface area contributed by atoms with Crippen molar-refractivity contribution in [2.24, 2.45) is 10.1 Å². The van der Waals surface area contributed by atoms with Crippen molar-refractivity contribution in [3.63, 3.8) is 0 Å². The summed E-state index contributed by atoms with van der Waals surface area (Å²) in [6.07, 6.45) is 4.29. The Bertz CT molecular complexity index is 636. The fourth-order valence-electron chi connectivity index (χ4n) is 1.66. The SMILES string of the molecule is CCN=C(C)/C(C)=N/Oc1cnccc1/C(=C\OC)C(=O)OC. The molecule has 1 heterocycles. The molecule has 1 rings (SSSR count). The van der Waals surface area contributed by atoms with Crippen LogP contribution in [0.3, 0.4) is 0 Å². The molecule has 7 nitrogen and oxygen atoms in total. The van der Waals surface area contributed by atoms with Crippen molar-refractivity contribution in [1.29, 1.82) is 0 Å². The molecule has 1 aromatic rings. The van der Waals surface area contributed by atoms with Crippen LogP contribution in [-0.4, -0.2) is 43.1 Å². The summed E-state index contributed by atoms with van der Waals surface area (Å²) >= 11 is 0. The molecule has 0 radical (unpaired) electrons. The Morgan fingerprint density at radius 2 is 2.04 bits per heavy atom. The third-order valence-corrected chi connectivity index (χ3v) is 2.92. The summed E-state index contributed by atoms with van der Waals surface area (Å²) in [5.41, 5.74) is 2.09. The van der Waals surface area contributed by atoms with Gasteiger partial charge in [-0.1, -0.05) is 5.16 Å². The van der Waals surface area contributed by atoms with E-state index in [0.717, 1.165) is 5.71 Å². The molecule has 0 aliphatic heterocycles. The van der Waals surface area contributed by atoms with E-state index in [0.29, 0.717) is 23.6 Å². The predicted molar refractivity (Wildman–Crippen MR) is 88.6 cm³/mol. The summed E-state index contributed by atoms with van der Waals surface area (Å²) in [6.45, 7) is 6.24. The molecular formula is C16H21N3O4. The minimum atomic E-state index is -0.549. The van der Waals surface area contributed by atoms with E-state index in [4.69, 9.17) is 14.3 Å². The number of carbonyl (C=O) groups excluding carboxylic acids is 1. The molecular weight excluding hydrogens is 298 g/mol. The minimum absolute atomic E-state index is 0.208. The van der Waals surface area contributed by atoms with E-state index in [1.54, 1.807) is 13.0 Å². The van der Waals surface area contributed by atoms with Crippen LogP contribution in [0.15, 0.2) is 34.9 Å². The van der Waals surface area contributed by atoms with Crippen LogP contribution in [-0.2, 0) is 14.3 Å². The number of aromatic nitrogens is 1. The smallest absolute Gasteiger partial charge is 0.341 e. The Labute approximate surface area is 135 Å². The largest absolute Gasteiger partial charge is 0.503 e.